The number of anilines is 2. The normalized spacial score (nSPS) is 18.1. The fourth-order valence-corrected chi connectivity index (χ4v) is 5.70. The molecular weight excluding hydrogens is 498 g/mol. The molecule has 0 atom stereocenters. The van der Waals surface area contributed by atoms with Crippen molar-refractivity contribution >= 4 is 43.8 Å². The molecule has 2 heterocycles. The summed E-state index contributed by atoms with van der Waals surface area (Å²) in [5.41, 5.74) is 4.47. The van der Waals surface area contributed by atoms with Gasteiger partial charge < -0.3 is 9.64 Å². The Balaban J connectivity index is 0.00000324. The van der Waals surface area contributed by atoms with E-state index in [1.165, 1.54) is 11.1 Å². The molecule has 11 heteroatoms. The third kappa shape index (κ3) is 7.32. The molecule has 188 valence electrons. The van der Waals surface area contributed by atoms with Crippen molar-refractivity contribution in [2.24, 2.45) is 0 Å². The van der Waals surface area contributed by atoms with Crippen molar-refractivity contribution < 1.29 is 21.6 Å². The van der Waals surface area contributed by atoms with Crippen LogP contribution in [0.1, 0.15) is 29.5 Å². The number of hydrogen-bond acceptors (Lipinski definition) is 6. The number of piperidine rings is 1. The monoisotopic (exact) mass is 529 g/mol. The number of halogens is 1. The van der Waals surface area contributed by atoms with Gasteiger partial charge in [-0.2, -0.15) is 0 Å². The van der Waals surface area contributed by atoms with E-state index in [0.29, 0.717) is 18.0 Å². The van der Waals surface area contributed by atoms with Crippen LogP contribution in [-0.2, 0) is 44.2 Å². The van der Waals surface area contributed by atoms with Gasteiger partial charge in [-0.1, -0.05) is 18.2 Å². The molecule has 0 aromatic heterocycles. The maximum absolute atomic E-state index is 11.5. The van der Waals surface area contributed by atoms with E-state index in [2.05, 4.69) is 14.3 Å². The van der Waals surface area contributed by atoms with Crippen LogP contribution in [0.4, 0.5) is 11.4 Å². The van der Waals surface area contributed by atoms with Gasteiger partial charge in [0.25, 0.3) is 0 Å². The van der Waals surface area contributed by atoms with Crippen LogP contribution in [0.15, 0.2) is 42.5 Å². The highest BCUT2D eigenvalue weighted by Crippen LogP contribution is 2.37. The van der Waals surface area contributed by atoms with Crippen molar-refractivity contribution in [2.75, 3.05) is 41.6 Å². The number of benzene rings is 2. The van der Waals surface area contributed by atoms with Crippen molar-refractivity contribution in [3.8, 4) is 0 Å². The number of sulfonamides is 2. The minimum atomic E-state index is -3.30. The molecule has 34 heavy (non-hydrogen) atoms. The Morgan fingerprint density at radius 3 is 2.09 bits per heavy atom. The van der Waals surface area contributed by atoms with Crippen molar-refractivity contribution in [1.82, 2.24) is 4.90 Å². The smallest absolute Gasteiger partial charge is 0.229 e. The first-order chi connectivity index (χ1) is 15.5. The molecular formula is C23H32ClN3O5S2. The number of nitrogens with zero attached hydrogens (tertiary/aromatic N) is 1. The molecule has 0 bridgehead atoms. The van der Waals surface area contributed by atoms with E-state index in [-0.39, 0.29) is 18.0 Å². The Labute approximate surface area is 208 Å². The Hall–Kier alpha value is -1.85. The summed E-state index contributed by atoms with van der Waals surface area (Å²) in [5, 5.41) is 0. The van der Waals surface area contributed by atoms with Crippen LogP contribution in [-0.4, -0.2) is 59.5 Å². The third-order valence-corrected chi connectivity index (χ3v) is 7.51. The highest BCUT2D eigenvalue weighted by molar-refractivity contribution is 7.92. The Morgan fingerprint density at radius 2 is 1.47 bits per heavy atom. The number of ether oxygens (including phenoxy) is 1. The maximum atomic E-state index is 11.5. The van der Waals surface area contributed by atoms with Crippen LogP contribution in [0.2, 0.25) is 0 Å². The molecule has 0 aliphatic carbocycles. The first-order valence-electron chi connectivity index (χ1n) is 11.0. The van der Waals surface area contributed by atoms with Gasteiger partial charge in [0, 0.05) is 37.4 Å². The van der Waals surface area contributed by atoms with Crippen LogP contribution in [0.25, 0.3) is 0 Å². The summed E-state index contributed by atoms with van der Waals surface area (Å²) in [4.78, 5) is 2.45. The van der Waals surface area contributed by atoms with Crippen LogP contribution in [0.3, 0.4) is 0 Å². The SMILES string of the molecule is CS(=O)(=O)Nc1ccc(CCN2CCC3(CC2)Cc2ccc(NS(C)(=O)=O)cc2CO3)cc1.Cl. The fraction of sp³-hybridized carbons (Fsp3) is 0.478. The lowest BCUT2D eigenvalue weighted by atomic mass is 9.81. The predicted octanol–water partition coefficient (Wildman–Crippen LogP) is 3.00. The molecule has 2 aromatic rings. The molecule has 0 radical (unpaired) electrons. The van der Waals surface area contributed by atoms with Crippen molar-refractivity contribution in [3.63, 3.8) is 0 Å². The highest BCUT2D eigenvalue weighted by atomic mass is 35.5. The van der Waals surface area contributed by atoms with E-state index in [0.717, 1.165) is 63.4 Å². The van der Waals surface area contributed by atoms with Crippen LogP contribution >= 0.6 is 12.4 Å². The molecule has 2 N–H and O–H groups in total. The minimum Gasteiger partial charge on any atom is -0.370 e. The van der Waals surface area contributed by atoms with Crippen LogP contribution in [0, 0.1) is 0 Å². The molecule has 8 nitrogen and oxygen atoms in total. The molecule has 1 fully saturated rings. The maximum Gasteiger partial charge on any atom is 0.229 e. The van der Waals surface area contributed by atoms with E-state index >= 15 is 0 Å². The Bertz CT molecular complexity index is 1210. The highest BCUT2D eigenvalue weighted by Gasteiger charge is 2.38. The van der Waals surface area contributed by atoms with E-state index in [1.807, 2.05) is 30.3 Å². The first kappa shape index (κ1) is 26.7. The fourth-order valence-electron chi connectivity index (χ4n) is 4.59. The standard InChI is InChI=1S/C23H31N3O5S2.ClH/c1-32(27,28)24-21-6-3-18(4-7-21)9-12-26-13-10-23(11-14-26)16-19-5-8-22(25-33(2,29)30)15-20(19)17-31-23;/h3-8,15,24-25H,9-14,16-17H2,1-2H3;1H. The van der Waals surface area contributed by atoms with Gasteiger partial charge in [0.05, 0.1) is 24.7 Å². The molecule has 1 spiro atoms. The molecule has 2 aromatic carbocycles. The average molecular weight is 530 g/mol. The number of rotatable bonds is 7. The molecule has 2 aliphatic rings. The first-order valence-corrected chi connectivity index (χ1v) is 14.8. The van der Waals surface area contributed by atoms with E-state index in [1.54, 1.807) is 12.1 Å². The number of fused-ring (bicyclic) bond motifs is 1. The Morgan fingerprint density at radius 1 is 0.882 bits per heavy atom. The lowest BCUT2D eigenvalue weighted by molar-refractivity contribution is -0.102. The summed E-state index contributed by atoms with van der Waals surface area (Å²) in [6.45, 7) is 3.39. The third-order valence-electron chi connectivity index (χ3n) is 6.30. The van der Waals surface area contributed by atoms with Crippen molar-refractivity contribution in [1.29, 1.82) is 0 Å². The second-order valence-electron chi connectivity index (χ2n) is 9.17. The quantitative estimate of drug-likeness (QED) is 0.571. The topological polar surface area (TPSA) is 105 Å². The molecule has 1 saturated heterocycles. The van der Waals surface area contributed by atoms with Gasteiger partial charge in [-0.3, -0.25) is 9.44 Å². The van der Waals surface area contributed by atoms with E-state index in [9.17, 15) is 16.8 Å². The predicted molar refractivity (Wildman–Crippen MR) is 138 cm³/mol. The molecule has 0 amide bonds. The molecule has 2 aliphatic heterocycles. The lowest BCUT2D eigenvalue weighted by Crippen LogP contribution is -2.49. The zero-order valence-electron chi connectivity index (χ0n) is 19.4. The van der Waals surface area contributed by atoms with E-state index in [4.69, 9.17) is 4.74 Å². The lowest BCUT2D eigenvalue weighted by Gasteiger charge is -2.44. The van der Waals surface area contributed by atoms with Gasteiger partial charge in [-0.05, 0) is 60.2 Å². The van der Waals surface area contributed by atoms with E-state index < -0.39 is 20.0 Å². The summed E-state index contributed by atoms with van der Waals surface area (Å²) in [5.74, 6) is 0. The zero-order valence-corrected chi connectivity index (χ0v) is 21.9. The van der Waals surface area contributed by atoms with Gasteiger partial charge in [-0.25, -0.2) is 16.8 Å². The second-order valence-corrected chi connectivity index (χ2v) is 12.7. The summed E-state index contributed by atoms with van der Waals surface area (Å²) < 4.78 is 56.9. The average Bonchev–Trinajstić information content (AvgIpc) is 2.72. The molecule has 0 saturated carbocycles. The summed E-state index contributed by atoms with van der Waals surface area (Å²) >= 11 is 0. The zero-order chi connectivity index (χ0) is 23.7. The number of nitrogens with one attached hydrogen (secondary N) is 2. The summed E-state index contributed by atoms with van der Waals surface area (Å²) in [6.07, 6.45) is 5.99. The Kier molecular flexibility index (Phi) is 8.19. The van der Waals surface area contributed by atoms with Crippen molar-refractivity contribution in [2.45, 2.75) is 37.9 Å². The molecule has 0 unspecified atom stereocenters. The summed E-state index contributed by atoms with van der Waals surface area (Å²) in [6, 6.07) is 13.2. The van der Waals surface area contributed by atoms with Crippen LogP contribution in [0.5, 0.6) is 0 Å². The largest absolute Gasteiger partial charge is 0.370 e. The second kappa shape index (κ2) is 10.4. The number of hydrogen-bond donors (Lipinski definition) is 2. The van der Waals surface area contributed by atoms with Gasteiger partial charge in [0.15, 0.2) is 0 Å². The van der Waals surface area contributed by atoms with Crippen molar-refractivity contribution in [3.05, 3.63) is 59.2 Å². The van der Waals surface area contributed by atoms with Gasteiger partial charge in [-0.15, -0.1) is 12.4 Å². The van der Waals surface area contributed by atoms with Gasteiger partial charge >= 0.3 is 0 Å². The molecule has 4 rings (SSSR count). The minimum absolute atomic E-state index is 0. The van der Waals surface area contributed by atoms with Gasteiger partial charge in [0.1, 0.15) is 0 Å². The van der Waals surface area contributed by atoms with Crippen LogP contribution < -0.4 is 9.44 Å². The number of likely N-dealkylation sites (tertiary alicyclic amines) is 1. The van der Waals surface area contributed by atoms with Gasteiger partial charge in [0.2, 0.25) is 20.0 Å². The summed E-state index contributed by atoms with van der Waals surface area (Å²) in [7, 11) is -6.55.